The first kappa shape index (κ1) is 14.4. The molecule has 2 aromatic carbocycles. The smallest absolute Gasteiger partial charge is 0.268 e. The Morgan fingerprint density at radius 2 is 2.00 bits per heavy atom. The summed E-state index contributed by atoms with van der Waals surface area (Å²) in [7, 11) is 0. The van der Waals surface area contributed by atoms with E-state index in [1.54, 1.807) is 11.0 Å². The van der Waals surface area contributed by atoms with E-state index in [9.17, 15) is 9.90 Å². The van der Waals surface area contributed by atoms with Gasteiger partial charge in [-0.1, -0.05) is 24.3 Å². The van der Waals surface area contributed by atoms with E-state index in [1.807, 2.05) is 42.5 Å². The number of anilines is 2. The predicted octanol–water partition coefficient (Wildman–Crippen LogP) is 1.60. The maximum Gasteiger partial charge on any atom is 0.268 e. The van der Waals surface area contributed by atoms with Crippen LogP contribution in [0.4, 0.5) is 11.4 Å². The van der Waals surface area contributed by atoms with Crippen LogP contribution in [0, 0.1) is 0 Å². The van der Waals surface area contributed by atoms with Crippen molar-refractivity contribution >= 4 is 17.3 Å². The van der Waals surface area contributed by atoms with Crippen molar-refractivity contribution in [2.45, 2.75) is 12.5 Å². The van der Waals surface area contributed by atoms with E-state index in [0.29, 0.717) is 23.5 Å². The lowest BCUT2D eigenvalue weighted by atomic mass is 10.0. The Labute approximate surface area is 128 Å². The molecule has 0 radical (unpaired) electrons. The highest BCUT2D eigenvalue weighted by Gasteiger charge is 2.33. The normalized spacial score (nSPS) is 17.0. The number of β-amino-alcohol motifs (C(OH)–C–C–N with tert-alkyl or cyclic N) is 1. The summed E-state index contributed by atoms with van der Waals surface area (Å²) in [5.41, 5.74) is 8.09. The number of aliphatic hydroxyl groups is 1. The van der Waals surface area contributed by atoms with Gasteiger partial charge >= 0.3 is 0 Å². The molecule has 0 aliphatic carbocycles. The summed E-state index contributed by atoms with van der Waals surface area (Å²) in [6, 6.07) is 14.8. The van der Waals surface area contributed by atoms with Gasteiger partial charge in [0, 0.05) is 18.7 Å². The summed E-state index contributed by atoms with van der Waals surface area (Å²) in [6.45, 7) is 0.164. The van der Waals surface area contributed by atoms with Crippen LogP contribution < -0.4 is 15.4 Å². The van der Waals surface area contributed by atoms with Gasteiger partial charge in [-0.2, -0.15) is 0 Å². The van der Waals surface area contributed by atoms with Crippen molar-refractivity contribution in [3.05, 3.63) is 54.1 Å². The fraction of sp³-hybridized carbons (Fsp3) is 0.235. The van der Waals surface area contributed by atoms with Crippen molar-refractivity contribution < 1.29 is 14.6 Å². The van der Waals surface area contributed by atoms with Gasteiger partial charge < -0.3 is 20.5 Å². The van der Waals surface area contributed by atoms with E-state index in [2.05, 4.69) is 0 Å². The topological polar surface area (TPSA) is 75.8 Å². The Hall–Kier alpha value is -2.53. The van der Waals surface area contributed by atoms with Crippen LogP contribution in [0.3, 0.4) is 0 Å². The lowest BCUT2D eigenvalue weighted by Crippen LogP contribution is -2.48. The molecule has 1 atom stereocenters. The van der Waals surface area contributed by atoms with Gasteiger partial charge in [-0.15, -0.1) is 0 Å². The molecule has 1 amide bonds. The second kappa shape index (κ2) is 6.07. The summed E-state index contributed by atoms with van der Waals surface area (Å²) in [6.07, 6.45) is -0.164. The Morgan fingerprint density at radius 3 is 2.77 bits per heavy atom. The third-order valence-corrected chi connectivity index (χ3v) is 3.66. The molecule has 5 nitrogen and oxygen atoms in total. The van der Waals surface area contributed by atoms with Crippen molar-refractivity contribution in [2.24, 2.45) is 0 Å². The number of nitrogens with two attached hydrogens (primary N) is 1. The maximum atomic E-state index is 12.6. The Balaban J connectivity index is 1.89. The zero-order valence-corrected chi connectivity index (χ0v) is 12.1. The van der Waals surface area contributed by atoms with Crippen molar-refractivity contribution in [1.82, 2.24) is 0 Å². The average molecular weight is 298 g/mol. The molecule has 1 heterocycles. The molecule has 0 aromatic heterocycles. The van der Waals surface area contributed by atoms with Crippen LogP contribution >= 0.6 is 0 Å². The molecule has 22 heavy (non-hydrogen) atoms. The number of nitrogens with zero attached hydrogens (tertiary/aromatic N) is 1. The van der Waals surface area contributed by atoms with Gasteiger partial charge in [0.25, 0.3) is 5.91 Å². The van der Waals surface area contributed by atoms with Gasteiger partial charge in [0.2, 0.25) is 0 Å². The number of rotatable bonds is 4. The van der Waals surface area contributed by atoms with Crippen LogP contribution in [0.2, 0.25) is 0 Å². The van der Waals surface area contributed by atoms with E-state index in [0.717, 1.165) is 5.56 Å². The number of fused-ring (bicyclic) bond motifs is 1. The van der Waals surface area contributed by atoms with E-state index < -0.39 is 6.10 Å². The van der Waals surface area contributed by atoms with Gasteiger partial charge in [0.05, 0.1) is 12.3 Å². The SMILES string of the molecule is Nc1cccc(CC2Oc3ccccc3N(CCO)C2=O)c1. The van der Waals surface area contributed by atoms with Gasteiger partial charge in [0.15, 0.2) is 6.10 Å². The van der Waals surface area contributed by atoms with Crippen LogP contribution in [-0.2, 0) is 11.2 Å². The highest BCUT2D eigenvalue weighted by Crippen LogP contribution is 2.34. The molecule has 0 saturated carbocycles. The average Bonchev–Trinajstić information content (AvgIpc) is 2.51. The highest BCUT2D eigenvalue weighted by atomic mass is 16.5. The lowest BCUT2D eigenvalue weighted by molar-refractivity contribution is -0.126. The minimum absolute atomic E-state index is 0.0922. The summed E-state index contributed by atoms with van der Waals surface area (Å²) in [5.74, 6) is 0.514. The zero-order valence-electron chi connectivity index (χ0n) is 12.1. The van der Waals surface area contributed by atoms with Crippen LogP contribution in [0.15, 0.2) is 48.5 Å². The largest absolute Gasteiger partial charge is 0.478 e. The second-order valence-electron chi connectivity index (χ2n) is 5.24. The van der Waals surface area contributed by atoms with E-state index >= 15 is 0 Å². The van der Waals surface area contributed by atoms with E-state index in [-0.39, 0.29) is 19.1 Å². The molecular weight excluding hydrogens is 280 g/mol. The molecule has 114 valence electrons. The van der Waals surface area contributed by atoms with Crippen LogP contribution in [0.1, 0.15) is 5.56 Å². The first-order chi connectivity index (χ1) is 10.7. The number of ether oxygens (including phenoxy) is 1. The maximum absolute atomic E-state index is 12.6. The Morgan fingerprint density at radius 1 is 1.18 bits per heavy atom. The zero-order chi connectivity index (χ0) is 15.5. The fourth-order valence-corrected chi connectivity index (χ4v) is 2.67. The standard InChI is InChI=1S/C17H18N2O3/c18-13-5-3-4-12(10-13)11-16-17(21)19(8-9-20)14-6-1-2-7-15(14)22-16/h1-7,10,16,20H,8-9,11,18H2. The number of carbonyl (C=O) groups excluding carboxylic acids is 1. The minimum Gasteiger partial charge on any atom is -0.478 e. The number of aliphatic hydroxyl groups excluding tert-OH is 1. The molecule has 1 aliphatic rings. The molecule has 1 aliphatic heterocycles. The molecule has 0 bridgehead atoms. The second-order valence-corrected chi connectivity index (χ2v) is 5.24. The third kappa shape index (κ3) is 2.76. The van der Waals surface area contributed by atoms with E-state index in [4.69, 9.17) is 10.5 Å². The number of para-hydroxylation sites is 2. The first-order valence-electron chi connectivity index (χ1n) is 7.21. The Kier molecular flexibility index (Phi) is 3.98. The molecule has 0 fully saturated rings. The molecule has 0 spiro atoms. The third-order valence-electron chi connectivity index (χ3n) is 3.66. The summed E-state index contributed by atoms with van der Waals surface area (Å²) < 4.78 is 5.85. The predicted molar refractivity (Wildman–Crippen MR) is 84.9 cm³/mol. The summed E-state index contributed by atoms with van der Waals surface area (Å²) in [4.78, 5) is 14.2. The van der Waals surface area contributed by atoms with Crippen LogP contribution in [0.5, 0.6) is 5.75 Å². The van der Waals surface area contributed by atoms with Crippen molar-refractivity contribution in [3.63, 3.8) is 0 Å². The first-order valence-corrected chi connectivity index (χ1v) is 7.21. The molecule has 1 unspecified atom stereocenters. The molecule has 3 rings (SSSR count). The monoisotopic (exact) mass is 298 g/mol. The fourth-order valence-electron chi connectivity index (χ4n) is 2.67. The summed E-state index contributed by atoms with van der Waals surface area (Å²) in [5, 5.41) is 9.22. The highest BCUT2D eigenvalue weighted by molar-refractivity contribution is 6.00. The van der Waals surface area contributed by atoms with Gasteiger partial charge in [-0.05, 0) is 29.8 Å². The molecule has 5 heteroatoms. The molecule has 2 aromatic rings. The number of carbonyl (C=O) groups is 1. The van der Waals surface area contributed by atoms with Crippen LogP contribution in [0.25, 0.3) is 0 Å². The lowest BCUT2D eigenvalue weighted by Gasteiger charge is -2.34. The molecule has 3 N–H and O–H groups in total. The number of nitrogen functional groups attached to an aromatic ring is 1. The molecule has 0 saturated heterocycles. The number of hydrogen-bond donors (Lipinski definition) is 2. The van der Waals surface area contributed by atoms with Crippen molar-refractivity contribution in [3.8, 4) is 5.75 Å². The van der Waals surface area contributed by atoms with Crippen molar-refractivity contribution in [2.75, 3.05) is 23.8 Å². The van der Waals surface area contributed by atoms with Gasteiger partial charge in [0.1, 0.15) is 5.75 Å². The van der Waals surface area contributed by atoms with Gasteiger partial charge in [-0.25, -0.2) is 0 Å². The number of hydrogen-bond acceptors (Lipinski definition) is 4. The number of benzene rings is 2. The van der Waals surface area contributed by atoms with Gasteiger partial charge in [-0.3, -0.25) is 4.79 Å². The van der Waals surface area contributed by atoms with E-state index in [1.165, 1.54) is 0 Å². The minimum atomic E-state index is -0.608. The summed E-state index contributed by atoms with van der Waals surface area (Å²) >= 11 is 0. The Bertz CT molecular complexity index is 687. The van der Waals surface area contributed by atoms with Crippen molar-refractivity contribution in [1.29, 1.82) is 0 Å². The number of amides is 1. The van der Waals surface area contributed by atoms with Crippen LogP contribution in [-0.4, -0.2) is 30.3 Å². The molecular formula is C17H18N2O3. The quantitative estimate of drug-likeness (QED) is 0.841.